The van der Waals surface area contributed by atoms with Crippen LogP contribution in [0.5, 0.6) is 0 Å². The number of hydrogen-bond acceptors (Lipinski definition) is 6. The first-order valence-electron chi connectivity index (χ1n) is 16.1. The monoisotopic (exact) mass is 643 g/mol. The summed E-state index contributed by atoms with van der Waals surface area (Å²) in [5.41, 5.74) is 2.46. The molecule has 3 aromatic rings. The molecule has 3 atom stereocenters. The van der Waals surface area contributed by atoms with E-state index in [0.717, 1.165) is 11.1 Å². The quantitative estimate of drug-likeness (QED) is 0.313. The maximum Gasteiger partial charge on any atom is 0.272 e. The van der Waals surface area contributed by atoms with Gasteiger partial charge in [-0.1, -0.05) is 56.3 Å². The molecule has 12 heteroatoms. The minimum absolute atomic E-state index is 0.0645. The third kappa shape index (κ3) is 9.99. The van der Waals surface area contributed by atoms with Crippen LogP contribution in [-0.2, 0) is 34.4 Å². The van der Waals surface area contributed by atoms with E-state index in [1.165, 1.54) is 4.68 Å². The summed E-state index contributed by atoms with van der Waals surface area (Å²) in [5, 5.41) is 15.4. The number of carbonyl (C=O) groups excluding carboxylic acids is 5. The fourth-order valence-electron chi connectivity index (χ4n) is 5.43. The van der Waals surface area contributed by atoms with Crippen molar-refractivity contribution in [2.24, 2.45) is 13.0 Å². The first-order chi connectivity index (χ1) is 22.5. The fourth-order valence-corrected chi connectivity index (χ4v) is 5.43. The van der Waals surface area contributed by atoms with E-state index in [-0.39, 0.29) is 24.2 Å². The molecule has 47 heavy (non-hydrogen) atoms. The average Bonchev–Trinajstić information content (AvgIpc) is 3.48. The van der Waals surface area contributed by atoms with Gasteiger partial charge in [0.05, 0.1) is 0 Å². The smallest absolute Gasteiger partial charge is 0.272 e. The van der Waals surface area contributed by atoms with Gasteiger partial charge in [0.25, 0.3) is 11.8 Å². The van der Waals surface area contributed by atoms with E-state index in [1.807, 2.05) is 44.2 Å². The predicted octanol–water partition coefficient (Wildman–Crippen LogP) is 2.35. The molecule has 5 amide bonds. The molecule has 0 saturated heterocycles. The molecule has 0 saturated carbocycles. The second-order valence-corrected chi connectivity index (χ2v) is 12.4. The minimum atomic E-state index is -0.978. The summed E-state index contributed by atoms with van der Waals surface area (Å²) in [6, 6.07) is 15.2. The summed E-state index contributed by atoms with van der Waals surface area (Å²) in [6.45, 7) is 6.56. The van der Waals surface area contributed by atoms with Gasteiger partial charge < -0.3 is 26.2 Å². The van der Waals surface area contributed by atoms with Crippen LogP contribution < -0.4 is 21.3 Å². The molecule has 4 N–H and O–H groups in total. The van der Waals surface area contributed by atoms with Crippen molar-refractivity contribution in [2.45, 2.75) is 71.1 Å². The lowest BCUT2D eigenvalue weighted by molar-refractivity contribution is -0.132. The summed E-state index contributed by atoms with van der Waals surface area (Å²) in [5.74, 6) is -1.91. The van der Waals surface area contributed by atoms with Crippen LogP contribution in [-0.4, -0.2) is 75.4 Å². The van der Waals surface area contributed by atoms with Gasteiger partial charge >= 0.3 is 0 Å². The van der Waals surface area contributed by atoms with E-state index < -0.39 is 35.8 Å². The third-order valence-electron chi connectivity index (χ3n) is 8.07. The Balaban J connectivity index is 1.62. The van der Waals surface area contributed by atoms with E-state index >= 15 is 0 Å². The summed E-state index contributed by atoms with van der Waals surface area (Å²) >= 11 is 0. The number of carbonyl (C=O) groups is 5. The molecular weight excluding hydrogens is 598 g/mol. The van der Waals surface area contributed by atoms with Crippen molar-refractivity contribution < 1.29 is 24.0 Å². The molecular formula is C35H45N7O5. The van der Waals surface area contributed by atoms with Crippen LogP contribution >= 0.6 is 0 Å². The van der Waals surface area contributed by atoms with Crippen LogP contribution in [0.15, 0.2) is 66.9 Å². The molecule has 0 unspecified atom stereocenters. The largest absolute Gasteiger partial charge is 0.354 e. The van der Waals surface area contributed by atoms with Crippen molar-refractivity contribution in [3.63, 3.8) is 0 Å². The highest BCUT2D eigenvalue weighted by Crippen LogP contribution is 2.14. The van der Waals surface area contributed by atoms with Gasteiger partial charge in [-0.3, -0.25) is 28.7 Å². The van der Waals surface area contributed by atoms with Gasteiger partial charge in [0.15, 0.2) is 0 Å². The highest BCUT2D eigenvalue weighted by Gasteiger charge is 2.29. The molecule has 2 aliphatic heterocycles. The number of nitrogens with zero attached hydrogens (tertiary/aromatic N) is 3. The van der Waals surface area contributed by atoms with Crippen molar-refractivity contribution in [3.8, 4) is 0 Å². The molecule has 250 valence electrons. The fraction of sp³-hybridized carbons (Fsp3) is 0.429. The molecule has 5 rings (SSSR count). The van der Waals surface area contributed by atoms with Crippen LogP contribution in [0.3, 0.4) is 0 Å². The van der Waals surface area contributed by atoms with E-state index in [1.54, 1.807) is 55.4 Å². The van der Waals surface area contributed by atoms with Gasteiger partial charge in [-0.05, 0) is 61.4 Å². The highest BCUT2D eigenvalue weighted by molar-refractivity contribution is 5.99. The molecule has 1 aromatic heterocycles. The first kappa shape index (κ1) is 34.9. The number of aromatic nitrogens is 2. The van der Waals surface area contributed by atoms with E-state index in [4.69, 9.17) is 0 Å². The standard InChI is InChI=1S/C35H45N7O5/c1-23(2)20-28-33(45)38-24(3)31(43)36-17-8-9-19-42(35(47)30-16-18-37-41(30)4)22-26-12-14-27(15-13-26)32(44)39-29(34(46)40-28)21-25-10-6-5-7-11-25/h5-7,10-16,18,23-24,28-29H,8-9,17,19-22H2,1-4H3,(H,36,43)(H,38,45)(H,39,44)(H,40,46)/t24-,28+,29-/m1/s1. The van der Waals surface area contributed by atoms with Crippen molar-refractivity contribution in [2.75, 3.05) is 13.1 Å². The molecule has 2 bridgehead atoms. The molecule has 12 nitrogen and oxygen atoms in total. The van der Waals surface area contributed by atoms with E-state index in [9.17, 15) is 24.0 Å². The minimum Gasteiger partial charge on any atom is -0.354 e. The Morgan fingerprint density at radius 3 is 2.23 bits per heavy atom. The summed E-state index contributed by atoms with van der Waals surface area (Å²) in [4.78, 5) is 68.6. The molecule has 3 heterocycles. The first-order valence-corrected chi connectivity index (χ1v) is 16.1. The van der Waals surface area contributed by atoms with E-state index in [0.29, 0.717) is 50.2 Å². The predicted molar refractivity (Wildman–Crippen MR) is 177 cm³/mol. The van der Waals surface area contributed by atoms with Gasteiger partial charge in [-0.25, -0.2) is 0 Å². The number of benzene rings is 2. The average molecular weight is 644 g/mol. The Morgan fingerprint density at radius 2 is 1.57 bits per heavy atom. The number of aryl methyl sites for hydroxylation is 1. The normalized spacial score (nSPS) is 20.5. The second-order valence-electron chi connectivity index (χ2n) is 12.4. The van der Waals surface area contributed by atoms with Gasteiger partial charge in [0.1, 0.15) is 23.8 Å². The van der Waals surface area contributed by atoms with Gasteiger partial charge in [-0.15, -0.1) is 0 Å². The zero-order valence-electron chi connectivity index (χ0n) is 27.5. The summed E-state index contributed by atoms with van der Waals surface area (Å²) in [6.07, 6.45) is 3.34. The third-order valence-corrected chi connectivity index (χ3v) is 8.07. The van der Waals surface area contributed by atoms with Gasteiger partial charge in [0, 0.05) is 44.9 Å². The lowest BCUT2D eigenvalue weighted by Gasteiger charge is -2.25. The zero-order valence-corrected chi connectivity index (χ0v) is 27.5. The number of hydrogen-bond donors (Lipinski definition) is 4. The number of nitrogens with one attached hydrogen (secondary N) is 4. The highest BCUT2D eigenvalue weighted by atomic mass is 16.2. The van der Waals surface area contributed by atoms with Crippen LogP contribution in [0, 0.1) is 5.92 Å². The Hall–Kier alpha value is -5.00. The Morgan fingerprint density at radius 1 is 0.872 bits per heavy atom. The summed E-state index contributed by atoms with van der Waals surface area (Å²) < 4.78 is 1.53. The van der Waals surface area contributed by atoms with Gasteiger partial charge in [0.2, 0.25) is 17.7 Å². The molecule has 0 spiro atoms. The Kier molecular flexibility index (Phi) is 12.3. The number of rotatable bonds is 5. The Labute approximate surface area is 275 Å². The van der Waals surface area contributed by atoms with Crippen molar-refractivity contribution in [1.82, 2.24) is 35.9 Å². The van der Waals surface area contributed by atoms with Gasteiger partial charge in [-0.2, -0.15) is 5.10 Å². The molecule has 2 aliphatic rings. The van der Waals surface area contributed by atoms with Crippen LogP contribution in [0.4, 0.5) is 0 Å². The zero-order chi connectivity index (χ0) is 33.9. The molecule has 0 aliphatic carbocycles. The number of amides is 5. The Bertz CT molecular complexity index is 1540. The van der Waals surface area contributed by atoms with Crippen LogP contribution in [0.1, 0.15) is 72.0 Å². The lowest BCUT2D eigenvalue weighted by atomic mass is 10.0. The van der Waals surface area contributed by atoms with E-state index in [2.05, 4.69) is 26.4 Å². The number of fused-ring (bicyclic) bond motifs is 18. The molecule has 0 radical (unpaired) electrons. The second kappa shape index (κ2) is 16.5. The maximum absolute atomic E-state index is 13.7. The van der Waals surface area contributed by atoms with Crippen molar-refractivity contribution in [3.05, 3.63) is 89.2 Å². The maximum atomic E-state index is 13.7. The van der Waals surface area contributed by atoms with Crippen molar-refractivity contribution in [1.29, 1.82) is 0 Å². The van der Waals surface area contributed by atoms with Crippen LogP contribution in [0.25, 0.3) is 0 Å². The molecule has 0 fully saturated rings. The summed E-state index contributed by atoms with van der Waals surface area (Å²) in [7, 11) is 1.71. The topological polar surface area (TPSA) is 155 Å². The van der Waals surface area contributed by atoms with Crippen molar-refractivity contribution >= 4 is 29.5 Å². The van der Waals surface area contributed by atoms with Crippen LogP contribution in [0.2, 0.25) is 0 Å². The molecule has 2 aromatic carbocycles. The lowest BCUT2D eigenvalue weighted by Crippen LogP contribution is -2.57. The SMILES string of the molecule is CC(C)C[C@@H]1NC(=O)[C@@H](Cc2ccccc2)NC(=O)c2ccc(cc2)CN(C(=O)c2ccnn2C)CCCCNC(=O)[C@@H](C)NC1=O.